The van der Waals surface area contributed by atoms with Gasteiger partial charge in [0.05, 0.1) is 11.4 Å². The first kappa shape index (κ1) is 10.7. The molecule has 0 saturated heterocycles. The van der Waals surface area contributed by atoms with E-state index in [1.807, 2.05) is 11.8 Å². The summed E-state index contributed by atoms with van der Waals surface area (Å²) in [4.78, 5) is 2.49. The lowest BCUT2D eigenvalue weighted by atomic mass is 10.2. The molecule has 0 fully saturated rings. The molecular weight excluding hydrogens is 204 g/mol. The van der Waals surface area contributed by atoms with Gasteiger partial charge in [0.25, 0.3) is 0 Å². The zero-order chi connectivity index (χ0) is 10.5. The first-order valence-electron chi connectivity index (χ1n) is 5.48. The van der Waals surface area contributed by atoms with E-state index in [2.05, 4.69) is 40.7 Å². The van der Waals surface area contributed by atoms with Crippen LogP contribution in [0.3, 0.4) is 0 Å². The summed E-state index contributed by atoms with van der Waals surface area (Å²) >= 11 is 1.93. The van der Waals surface area contributed by atoms with Gasteiger partial charge in [0.2, 0.25) is 0 Å². The van der Waals surface area contributed by atoms with E-state index < -0.39 is 0 Å². The van der Waals surface area contributed by atoms with E-state index in [9.17, 15) is 0 Å². The maximum atomic E-state index is 3.44. The summed E-state index contributed by atoms with van der Waals surface area (Å²) in [5.74, 6) is 1.26. The summed E-state index contributed by atoms with van der Waals surface area (Å²) in [7, 11) is 0. The van der Waals surface area contributed by atoms with Crippen LogP contribution in [0.4, 0.5) is 11.4 Å². The Balaban J connectivity index is 2.02. The van der Waals surface area contributed by atoms with Crippen LogP contribution >= 0.6 is 11.8 Å². The smallest absolute Gasteiger partial charge is 0.0602 e. The monoisotopic (exact) mass is 222 g/mol. The lowest BCUT2D eigenvalue weighted by molar-refractivity contribution is 0.764. The first-order chi connectivity index (χ1) is 7.42. The van der Waals surface area contributed by atoms with Gasteiger partial charge >= 0.3 is 0 Å². The fourth-order valence-electron chi connectivity index (χ4n) is 1.98. The van der Waals surface area contributed by atoms with Crippen LogP contribution in [-0.2, 0) is 0 Å². The van der Waals surface area contributed by atoms with Crippen molar-refractivity contribution in [1.29, 1.82) is 0 Å². The Labute approximate surface area is 96.0 Å². The van der Waals surface area contributed by atoms with Crippen molar-refractivity contribution in [3.05, 3.63) is 24.3 Å². The van der Waals surface area contributed by atoms with Crippen molar-refractivity contribution in [2.24, 2.45) is 0 Å². The highest BCUT2D eigenvalue weighted by Gasteiger charge is 2.14. The molecule has 15 heavy (non-hydrogen) atoms. The van der Waals surface area contributed by atoms with E-state index >= 15 is 0 Å². The molecule has 0 atom stereocenters. The number of anilines is 2. The quantitative estimate of drug-likeness (QED) is 0.789. The standard InChI is InChI=1S/C12H18N2S/c1-15-10-4-8-14-9-7-13-11-5-2-3-6-12(11)14/h2-3,5-6,13H,4,7-10H2,1H3. The van der Waals surface area contributed by atoms with Gasteiger partial charge in [-0.1, -0.05) is 12.1 Å². The highest BCUT2D eigenvalue weighted by molar-refractivity contribution is 7.98. The maximum absolute atomic E-state index is 3.44. The van der Waals surface area contributed by atoms with Gasteiger partial charge in [-0.25, -0.2) is 0 Å². The van der Waals surface area contributed by atoms with Crippen LogP contribution in [0.25, 0.3) is 0 Å². The van der Waals surface area contributed by atoms with E-state index in [0.717, 1.165) is 13.1 Å². The molecule has 3 heteroatoms. The molecule has 1 aromatic carbocycles. The molecule has 2 nitrogen and oxygen atoms in total. The van der Waals surface area contributed by atoms with Crippen molar-refractivity contribution in [3.63, 3.8) is 0 Å². The summed E-state index contributed by atoms with van der Waals surface area (Å²) in [5, 5.41) is 3.44. The van der Waals surface area contributed by atoms with Crippen molar-refractivity contribution in [3.8, 4) is 0 Å². The van der Waals surface area contributed by atoms with Gasteiger partial charge in [-0.3, -0.25) is 0 Å². The van der Waals surface area contributed by atoms with E-state index in [4.69, 9.17) is 0 Å². The summed E-state index contributed by atoms with van der Waals surface area (Å²) in [6.07, 6.45) is 3.45. The third-order valence-corrected chi connectivity index (χ3v) is 3.42. The molecule has 1 heterocycles. The van der Waals surface area contributed by atoms with Gasteiger partial charge in [-0.2, -0.15) is 11.8 Å². The fraction of sp³-hybridized carbons (Fsp3) is 0.500. The Morgan fingerprint density at radius 2 is 2.27 bits per heavy atom. The van der Waals surface area contributed by atoms with E-state index in [1.54, 1.807) is 0 Å². The highest BCUT2D eigenvalue weighted by atomic mass is 32.2. The molecule has 82 valence electrons. The molecule has 1 N–H and O–H groups in total. The van der Waals surface area contributed by atoms with Crippen molar-refractivity contribution >= 4 is 23.1 Å². The molecule has 0 bridgehead atoms. The molecular formula is C12H18N2S. The largest absolute Gasteiger partial charge is 0.382 e. The molecule has 1 aliphatic rings. The summed E-state index contributed by atoms with van der Waals surface area (Å²) < 4.78 is 0. The van der Waals surface area contributed by atoms with Crippen LogP contribution in [0.2, 0.25) is 0 Å². The van der Waals surface area contributed by atoms with Crippen LogP contribution in [0.15, 0.2) is 24.3 Å². The van der Waals surface area contributed by atoms with Gasteiger partial charge in [-0.15, -0.1) is 0 Å². The van der Waals surface area contributed by atoms with Gasteiger partial charge in [0, 0.05) is 19.6 Å². The van der Waals surface area contributed by atoms with Gasteiger partial charge in [0.1, 0.15) is 0 Å². The second-order valence-electron chi connectivity index (χ2n) is 3.78. The van der Waals surface area contributed by atoms with Crippen molar-refractivity contribution in [2.75, 3.05) is 41.9 Å². The number of hydrogen-bond acceptors (Lipinski definition) is 3. The average Bonchev–Trinajstić information content (AvgIpc) is 2.30. The molecule has 0 aliphatic carbocycles. The summed E-state index contributed by atoms with van der Waals surface area (Å²) in [6, 6.07) is 8.58. The van der Waals surface area contributed by atoms with E-state index in [1.165, 1.54) is 30.1 Å². The molecule has 0 spiro atoms. The SMILES string of the molecule is CSCCCN1CCNc2ccccc21. The number of hydrogen-bond donors (Lipinski definition) is 1. The lowest BCUT2D eigenvalue weighted by Gasteiger charge is -2.32. The fourth-order valence-corrected chi connectivity index (χ4v) is 2.39. The third kappa shape index (κ3) is 2.59. The second kappa shape index (κ2) is 5.31. The maximum Gasteiger partial charge on any atom is 0.0602 e. The van der Waals surface area contributed by atoms with Crippen LogP contribution < -0.4 is 10.2 Å². The molecule has 0 radical (unpaired) electrons. The number of rotatable bonds is 4. The molecule has 0 aromatic heterocycles. The zero-order valence-corrected chi connectivity index (χ0v) is 10.0. The van der Waals surface area contributed by atoms with Crippen LogP contribution in [0, 0.1) is 0 Å². The minimum Gasteiger partial charge on any atom is -0.382 e. The normalized spacial score (nSPS) is 14.6. The Kier molecular flexibility index (Phi) is 3.78. The van der Waals surface area contributed by atoms with Gasteiger partial charge < -0.3 is 10.2 Å². The predicted molar refractivity (Wildman–Crippen MR) is 70.1 cm³/mol. The average molecular weight is 222 g/mol. The van der Waals surface area contributed by atoms with Crippen molar-refractivity contribution < 1.29 is 0 Å². The number of fused-ring (bicyclic) bond motifs is 1. The van der Waals surface area contributed by atoms with Crippen LogP contribution in [0.1, 0.15) is 6.42 Å². The summed E-state index contributed by atoms with van der Waals surface area (Å²) in [5.41, 5.74) is 2.65. The number of nitrogens with one attached hydrogen (secondary N) is 1. The molecule has 2 rings (SSSR count). The highest BCUT2D eigenvalue weighted by Crippen LogP contribution is 2.28. The molecule has 1 aliphatic heterocycles. The number of benzene rings is 1. The molecule has 0 amide bonds. The second-order valence-corrected chi connectivity index (χ2v) is 4.76. The topological polar surface area (TPSA) is 15.3 Å². The molecule has 0 saturated carbocycles. The Bertz CT molecular complexity index is 314. The Hall–Kier alpha value is -0.830. The van der Waals surface area contributed by atoms with E-state index in [0.29, 0.717) is 0 Å². The lowest BCUT2D eigenvalue weighted by Crippen LogP contribution is -2.34. The van der Waals surface area contributed by atoms with Gasteiger partial charge in [-0.05, 0) is 30.6 Å². The predicted octanol–water partition coefficient (Wildman–Crippen LogP) is 2.67. The van der Waals surface area contributed by atoms with Crippen molar-refractivity contribution in [1.82, 2.24) is 0 Å². The first-order valence-corrected chi connectivity index (χ1v) is 6.88. The van der Waals surface area contributed by atoms with Crippen molar-refractivity contribution in [2.45, 2.75) is 6.42 Å². The van der Waals surface area contributed by atoms with Gasteiger partial charge in [0.15, 0.2) is 0 Å². The number of thioether (sulfide) groups is 1. The minimum atomic E-state index is 1.07. The molecule has 1 aromatic rings. The minimum absolute atomic E-state index is 1.07. The summed E-state index contributed by atoms with van der Waals surface area (Å²) in [6.45, 7) is 3.38. The number of nitrogens with zero attached hydrogens (tertiary/aromatic N) is 1. The molecule has 0 unspecified atom stereocenters. The van der Waals surface area contributed by atoms with E-state index in [-0.39, 0.29) is 0 Å². The Morgan fingerprint density at radius 1 is 1.40 bits per heavy atom. The Morgan fingerprint density at radius 3 is 3.13 bits per heavy atom. The zero-order valence-electron chi connectivity index (χ0n) is 9.20. The van der Waals surface area contributed by atoms with Crippen LogP contribution in [-0.4, -0.2) is 31.6 Å². The number of para-hydroxylation sites is 2. The van der Waals surface area contributed by atoms with Crippen LogP contribution in [0.5, 0.6) is 0 Å². The third-order valence-electron chi connectivity index (χ3n) is 2.72.